The average Bonchev–Trinajstić information content (AvgIpc) is 3.36. The van der Waals surface area contributed by atoms with Crippen molar-refractivity contribution in [2.24, 2.45) is 0 Å². The van der Waals surface area contributed by atoms with E-state index < -0.39 is 10.0 Å². The number of sulfonamides is 1. The zero-order chi connectivity index (χ0) is 22.4. The van der Waals surface area contributed by atoms with Crippen molar-refractivity contribution in [2.45, 2.75) is 17.5 Å². The fraction of sp³-hybridized carbons (Fsp3) is 0.0800. The average molecular weight is 447 g/mol. The van der Waals surface area contributed by atoms with Gasteiger partial charge in [0, 0.05) is 5.56 Å². The third kappa shape index (κ3) is 5.14. The van der Waals surface area contributed by atoms with Crippen molar-refractivity contribution in [3.8, 4) is 0 Å². The molecule has 0 aliphatic heterocycles. The van der Waals surface area contributed by atoms with E-state index in [0.717, 1.165) is 11.1 Å². The van der Waals surface area contributed by atoms with Crippen LogP contribution < -0.4 is 10.0 Å². The number of carbonyl (C=O) groups is 1. The van der Waals surface area contributed by atoms with Crippen molar-refractivity contribution in [3.63, 3.8) is 0 Å². The molecule has 1 heterocycles. The summed E-state index contributed by atoms with van der Waals surface area (Å²) in [6, 6.07) is 28.3. The lowest BCUT2D eigenvalue weighted by molar-refractivity contribution is 0.0943. The highest BCUT2D eigenvalue weighted by Crippen LogP contribution is 2.22. The van der Waals surface area contributed by atoms with Crippen LogP contribution in [0.5, 0.6) is 0 Å². The molecule has 0 saturated heterocycles. The quantitative estimate of drug-likeness (QED) is 0.423. The highest BCUT2D eigenvalue weighted by atomic mass is 32.2. The number of hydrogen-bond donors (Lipinski definition) is 2. The Morgan fingerprint density at radius 2 is 1.38 bits per heavy atom. The lowest BCUT2D eigenvalue weighted by atomic mass is 9.98. The topological polar surface area (TPSA) is 88.4 Å². The van der Waals surface area contributed by atoms with Gasteiger partial charge in [0.15, 0.2) is 0 Å². The predicted molar refractivity (Wildman–Crippen MR) is 121 cm³/mol. The minimum Gasteiger partial charge on any atom is -0.468 e. The van der Waals surface area contributed by atoms with Gasteiger partial charge in [0.1, 0.15) is 5.76 Å². The number of furan rings is 1. The maximum Gasteiger partial charge on any atom is 0.252 e. The standard InChI is InChI=1S/C25H22N2O4S/c28-25(27-24(19-8-3-1-4-9-19)20-10-5-2-6-11-20)21-13-15-23(16-14-21)32(29,30)26-18-22-12-7-17-31-22/h1-17,24,26H,18H2,(H,27,28). The Hall–Kier alpha value is -3.68. The molecule has 162 valence electrons. The minimum absolute atomic E-state index is 0.0490. The van der Waals surface area contributed by atoms with Crippen LogP contribution in [-0.2, 0) is 16.6 Å². The molecule has 0 radical (unpaired) electrons. The van der Waals surface area contributed by atoms with E-state index >= 15 is 0 Å². The molecular weight excluding hydrogens is 424 g/mol. The van der Waals surface area contributed by atoms with Gasteiger partial charge in [0.2, 0.25) is 10.0 Å². The molecule has 0 unspecified atom stereocenters. The van der Waals surface area contributed by atoms with Crippen LogP contribution in [0.4, 0.5) is 0 Å². The molecular formula is C25H22N2O4S. The second kappa shape index (κ2) is 9.64. The molecule has 32 heavy (non-hydrogen) atoms. The molecule has 0 atom stereocenters. The summed E-state index contributed by atoms with van der Waals surface area (Å²) >= 11 is 0. The van der Waals surface area contributed by atoms with E-state index in [2.05, 4.69) is 10.0 Å². The van der Waals surface area contributed by atoms with E-state index in [0.29, 0.717) is 11.3 Å². The molecule has 0 aliphatic rings. The van der Waals surface area contributed by atoms with Crippen LogP contribution in [-0.4, -0.2) is 14.3 Å². The first-order valence-corrected chi connectivity index (χ1v) is 11.5. The molecule has 6 nitrogen and oxygen atoms in total. The number of benzene rings is 3. The Morgan fingerprint density at radius 1 is 0.781 bits per heavy atom. The lowest BCUT2D eigenvalue weighted by Gasteiger charge is -2.20. The first-order valence-electron chi connectivity index (χ1n) is 10.1. The third-order valence-electron chi connectivity index (χ3n) is 4.98. The smallest absolute Gasteiger partial charge is 0.252 e. The first-order chi connectivity index (χ1) is 15.5. The van der Waals surface area contributed by atoms with Gasteiger partial charge in [0.05, 0.1) is 23.7 Å². The van der Waals surface area contributed by atoms with Gasteiger partial charge in [-0.25, -0.2) is 13.1 Å². The molecule has 1 amide bonds. The Labute approximate surface area is 187 Å². The molecule has 0 spiro atoms. The van der Waals surface area contributed by atoms with Crippen LogP contribution >= 0.6 is 0 Å². The monoisotopic (exact) mass is 446 g/mol. The molecule has 7 heteroatoms. The largest absolute Gasteiger partial charge is 0.468 e. The zero-order valence-electron chi connectivity index (χ0n) is 17.1. The van der Waals surface area contributed by atoms with E-state index in [1.807, 2.05) is 60.7 Å². The molecule has 4 aromatic rings. The summed E-state index contributed by atoms with van der Waals surface area (Å²) in [4.78, 5) is 13.0. The maximum atomic E-state index is 13.0. The van der Waals surface area contributed by atoms with Crippen LogP contribution in [0.15, 0.2) is 113 Å². The van der Waals surface area contributed by atoms with Gasteiger partial charge in [-0.05, 0) is 47.5 Å². The number of nitrogens with one attached hydrogen (secondary N) is 2. The van der Waals surface area contributed by atoms with Gasteiger partial charge in [-0.1, -0.05) is 60.7 Å². The Bertz CT molecular complexity index is 1220. The molecule has 2 N–H and O–H groups in total. The summed E-state index contributed by atoms with van der Waals surface area (Å²) in [7, 11) is -3.73. The van der Waals surface area contributed by atoms with E-state index in [9.17, 15) is 13.2 Å². The van der Waals surface area contributed by atoms with Gasteiger partial charge in [-0.3, -0.25) is 4.79 Å². The molecule has 1 aromatic heterocycles. The van der Waals surface area contributed by atoms with Crippen molar-refractivity contribution < 1.29 is 17.6 Å². The van der Waals surface area contributed by atoms with Crippen LogP contribution in [0.1, 0.15) is 33.3 Å². The summed E-state index contributed by atoms with van der Waals surface area (Å²) in [5, 5.41) is 3.05. The number of rotatable bonds is 8. The van der Waals surface area contributed by atoms with Crippen LogP contribution in [0.25, 0.3) is 0 Å². The number of amides is 1. The Balaban J connectivity index is 1.50. The van der Waals surface area contributed by atoms with Crippen molar-refractivity contribution in [2.75, 3.05) is 0 Å². The third-order valence-corrected chi connectivity index (χ3v) is 6.40. The van der Waals surface area contributed by atoms with E-state index in [4.69, 9.17) is 4.42 Å². The molecule has 0 fully saturated rings. The highest BCUT2D eigenvalue weighted by Gasteiger charge is 2.19. The predicted octanol–water partition coefficient (Wildman–Crippen LogP) is 4.28. The van der Waals surface area contributed by atoms with Gasteiger partial charge in [0.25, 0.3) is 5.91 Å². The lowest BCUT2D eigenvalue weighted by Crippen LogP contribution is -2.29. The van der Waals surface area contributed by atoms with E-state index in [1.54, 1.807) is 12.1 Å². The second-order valence-electron chi connectivity index (χ2n) is 7.16. The van der Waals surface area contributed by atoms with Gasteiger partial charge in [-0.2, -0.15) is 0 Å². The van der Waals surface area contributed by atoms with Crippen molar-refractivity contribution in [1.29, 1.82) is 0 Å². The SMILES string of the molecule is O=C(NC(c1ccccc1)c1ccccc1)c1ccc(S(=O)(=O)NCc2ccco2)cc1. The molecule has 0 saturated carbocycles. The molecule has 0 bridgehead atoms. The first kappa shape index (κ1) is 21.5. The second-order valence-corrected chi connectivity index (χ2v) is 8.92. The summed E-state index contributed by atoms with van der Waals surface area (Å²) in [5.41, 5.74) is 2.27. The summed E-state index contributed by atoms with van der Waals surface area (Å²) < 4.78 is 32.6. The van der Waals surface area contributed by atoms with Crippen LogP contribution in [0, 0.1) is 0 Å². The Morgan fingerprint density at radius 3 is 1.91 bits per heavy atom. The zero-order valence-corrected chi connectivity index (χ0v) is 18.0. The maximum absolute atomic E-state index is 13.0. The van der Waals surface area contributed by atoms with Crippen molar-refractivity contribution >= 4 is 15.9 Å². The Kier molecular flexibility index (Phi) is 6.49. The number of carbonyl (C=O) groups excluding carboxylic acids is 1. The normalized spacial score (nSPS) is 11.4. The van der Waals surface area contributed by atoms with Crippen molar-refractivity contribution in [1.82, 2.24) is 10.0 Å². The van der Waals surface area contributed by atoms with Crippen LogP contribution in [0.2, 0.25) is 0 Å². The number of hydrogen-bond acceptors (Lipinski definition) is 4. The highest BCUT2D eigenvalue weighted by molar-refractivity contribution is 7.89. The molecule has 0 aliphatic carbocycles. The van der Waals surface area contributed by atoms with Crippen molar-refractivity contribution in [3.05, 3.63) is 126 Å². The van der Waals surface area contributed by atoms with Gasteiger partial charge in [-0.15, -0.1) is 0 Å². The summed E-state index contributed by atoms with van der Waals surface area (Å²) in [5.74, 6) is 0.215. The van der Waals surface area contributed by atoms with E-state index in [-0.39, 0.29) is 23.4 Å². The fourth-order valence-electron chi connectivity index (χ4n) is 3.31. The molecule has 4 rings (SSSR count). The van der Waals surface area contributed by atoms with Crippen LogP contribution in [0.3, 0.4) is 0 Å². The minimum atomic E-state index is -3.73. The van der Waals surface area contributed by atoms with Gasteiger partial charge >= 0.3 is 0 Å². The van der Waals surface area contributed by atoms with E-state index in [1.165, 1.54) is 30.5 Å². The molecule has 3 aromatic carbocycles. The summed E-state index contributed by atoms with van der Waals surface area (Å²) in [6.07, 6.45) is 1.48. The fourth-order valence-corrected chi connectivity index (χ4v) is 4.31. The summed E-state index contributed by atoms with van der Waals surface area (Å²) in [6.45, 7) is 0.0490. The van der Waals surface area contributed by atoms with Gasteiger partial charge < -0.3 is 9.73 Å².